The molecular weight excluding hydrogens is 390 g/mol. The van der Waals surface area contributed by atoms with E-state index in [1.165, 1.54) is 19.6 Å². The van der Waals surface area contributed by atoms with Gasteiger partial charge in [-0.15, -0.1) is 0 Å². The molecule has 0 amide bonds. The van der Waals surface area contributed by atoms with Crippen LogP contribution in [0.4, 0.5) is 0 Å². The predicted octanol–water partition coefficient (Wildman–Crippen LogP) is 4.94. The Morgan fingerprint density at radius 2 is 1.83 bits per heavy atom. The van der Waals surface area contributed by atoms with Gasteiger partial charge in [0.15, 0.2) is 5.78 Å². The van der Waals surface area contributed by atoms with E-state index in [-0.39, 0.29) is 22.8 Å². The fourth-order valence-electron chi connectivity index (χ4n) is 3.60. The van der Waals surface area contributed by atoms with Gasteiger partial charge in [-0.2, -0.15) is 0 Å². The van der Waals surface area contributed by atoms with Crippen molar-refractivity contribution in [2.24, 2.45) is 0 Å². The quantitative estimate of drug-likeness (QED) is 0.512. The van der Waals surface area contributed by atoms with Crippen molar-refractivity contribution in [3.63, 3.8) is 0 Å². The Morgan fingerprint density at radius 3 is 2.48 bits per heavy atom. The number of nitrogens with zero attached hydrogens (tertiary/aromatic N) is 1. The van der Waals surface area contributed by atoms with Gasteiger partial charge in [0.2, 0.25) is 0 Å². The predicted molar refractivity (Wildman–Crippen MR) is 115 cm³/mol. The van der Waals surface area contributed by atoms with Gasteiger partial charge >= 0.3 is 0 Å². The van der Waals surface area contributed by atoms with Crippen molar-refractivity contribution in [1.29, 1.82) is 0 Å². The van der Waals surface area contributed by atoms with Crippen LogP contribution in [0.25, 0.3) is 6.08 Å². The number of likely N-dealkylation sites (tertiary alicyclic amines) is 1. The minimum atomic E-state index is -0.359. The van der Waals surface area contributed by atoms with Crippen molar-refractivity contribution in [3.05, 3.63) is 58.1 Å². The van der Waals surface area contributed by atoms with E-state index < -0.39 is 0 Å². The molecule has 1 saturated heterocycles. The monoisotopic (exact) mass is 415 g/mol. The van der Waals surface area contributed by atoms with E-state index in [1.807, 2.05) is 18.2 Å². The van der Waals surface area contributed by atoms with Crippen LogP contribution < -0.4 is 9.47 Å². The molecule has 1 aliphatic heterocycles. The van der Waals surface area contributed by atoms with Crippen molar-refractivity contribution >= 4 is 23.5 Å². The first-order chi connectivity index (χ1) is 14.0. The van der Waals surface area contributed by atoms with Crippen LogP contribution in [0.2, 0.25) is 5.02 Å². The van der Waals surface area contributed by atoms with Gasteiger partial charge in [-0.3, -0.25) is 9.69 Å². The summed E-state index contributed by atoms with van der Waals surface area (Å²) in [5.41, 5.74) is 1.45. The smallest absolute Gasteiger partial charge is 0.193 e. The second kappa shape index (κ2) is 9.81. The number of allylic oxidation sites excluding steroid dienone is 1. The molecule has 5 nitrogen and oxygen atoms in total. The molecule has 0 aromatic heterocycles. The highest BCUT2D eigenvalue weighted by Crippen LogP contribution is 2.40. The zero-order chi connectivity index (χ0) is 20.8. The van der Waals surface area contributed by atoms with Crippen LogP contribution in [0.15, 0.2) is 36.4 Å². The number of phenols is 1. The van der Waals surface area contributed by atoms with Crippen LogP contribution >= 0.6 is 11.6 Å². The number of phenolic OH excluding ortho intramolecular Hbond substituents is 1. The number of hydrogen-bond donors (Lipinski definition) is 1. The summed E-state index contributed by atoms with van der Waals surface area (Å²) in [6.45, 7) is 2.45. The minimum absolute atomic E-state index is 0.0967. The van der Waals surface area contributed by atoms with Crippen LogP contribution in [0.1, 0.15) is 40.7 Å². The molecule has 6 heteroatoms. The average Bonchev–Trinajstić information content (AvgIpc) is 2.74. The fourth-order valence-corrected chi connectivity index (χ4v) is 3.80. The van der Waals surface area contributed by atoms with Crippen LogP contribution in [-0.2, 0) is 6.54 Å². The maximum absolute atomic E-state index is 12.9. The van der Waals surface area contributed by atoms with Gasteiger partial charge in [-0.05, 0) is 49.7 Å². The Labute approximate surface area is 176 Å². The highest BCUT2D eigenvalue weighted by Gasteiger charge is 2.25. The third-order valence-electron chi connectivity index (χ3n) is 5.16. The molecule has 1 aliphatic rings. The second-order valence-electron chi connectivity index (χ2n) is 7.04. The Morgan fingerprint density at radius 1 is 1.14 bits per heavy atom. The van der Waals surface area contributed by atoms with Gasteiger partial charge in [0, 0.05) is 17.6 Å². The first-order valence-corrected chi connectivity index (χ1v) is 10.1. The summed E-state index contributed by atoms with van der Waals surface area (Å²) in [5.74, 6) is 0.328. The standard InChI is InChI=1S/C23H26ClNO4/c1-28-20-14-21(29-2)22(19(26)11-10-16-8-4-5-9-18(16)24)23(27)17(20)15-25-12-6-3-7-13-25/h4-5,8-11,14,27H,3,6-7,12-13,15H2,1-2H3/b11-10+. The first kappa shape index (κ1) is 21.2. The molecule has 154 valence electrons. The second-order valence-corrected chi connectivity index (χ2v) is 7.45. The summed E-state index contributed by atoms with van der Waals surface area (Å²) in [4.78, 5) is 15.2. The Bertz CT molecular complexity index is 904. The molecule has 0 unspecified atom stereocenters. The van der Waals surface area contributed by atoms with E-state index in [9.17, 15) is 9.90 Å². The molecule has 2 aromatic carbocycles. The molecule has 0 spiro atoms. The van der Waals surface area contributed by atoms with E-state index in [0.717, 1.165) is 31.5 Å². The lowest BCUT2D eigenvalue weighted by molar-refractivity contribution is 0.104. The molecule has 0 bridgehead atoms. The maximum Gasteiger partial charge on any atom is 0.193 e. The van der Waals surface area contributed by atoms with Crippen molar-refractivity contribution in [2.75, 3.05) is 27.3 Å². The number of piperidine rings is 1. The number of carbonyl (C=O) groups is 1. The Balaban J connectivity index is 1.96. The normalized spacial score (nSPS) is 14.9. The van der Waals surface area contributed by atoms with Crippen LogP contribution in [0, 0.1) is 0 Å². The number of methoxy groups -OCH3 is 2. The summed E-state index contributed by atoms with van der Waals surface area (Å²) >= 11 is 6.16. The van der Waals surface area contributed by atoms with Gasteiger partial charge < -0.3 is 14.6 Å². The number of hydrogen-bond acceptors (Lipinski definition) is 5. The van der Waals surface area contributed by atoms with E-state index in [0.29, 0.717) is 22.9 Å². The number of benzene rings is 2. The van der Waals surface area contributed by atoms with Crippen LogP contribution in [0.5, 0.6) is 17.2 Å². The van der Waals surface area contributed by atoms with E-state index in [4.69, 9.17) is 21.1 Å². The number of ketones is 1. The largest absolute Gasteiger partial charge is 0.507 e. The lowest BCUT2D eigenvalue weighted by Crippen LogP contribution is -2.29. The van der Waals surface area contributed by atoms with E-state index in [2.05, 4.69) is 4.90 Å². The number of rotatable bonds is 7. The Hall–Kier alpha value is -2.50. The summed E-state index contributed by atoms with van der Waals surface area (Å²) in [6.07, 6.45) is 6.52. The fraction of sp³-hybridized carbons (Fsp3) is 0.348. The SMILES string of the molecule is COc1cc(OC)c(C(=O)/C=C/c2ccccc2Cl)c(O)c1CN1CCCCC1. The minimum Gasteiger partial charge on any atom is -0.507 e. The average molecular weight is 416 g/mol. The van der Waals surface area contributed by atoms with Crippen molar-refractivity contribution < 1.29 is 19.4 Å². The van der Waals surface area contributed by atoms with Gasteiger partial charge in [0.1, 0.15) is 22.8 Å². The third kappa shape index (κ3) is 4.92. The van der Waals surface area contributed by atoms with Crippen molar-refractivity contribution in [2.45, 2.75) is 25.8 Å². The summed E-state index contributed by atoms with van der Waals surface area (Å²) in [7, 11) is 3.01. The van der Waals surface area contributed by atoms with E-state index in [1.54, 1.807) is 25.3 Å². The molecule has 1 fully saturated rings. The van der Waals surface area contributed by atoms with Gasteiger partial charge in [-0.25, -0.2) is 0 Å². The highest BCUT2D eigenvalue weighted by atomic mass is 35.5. The number of ether oxygens (including phenoxy) is 2. The molecule has 2 aromatic rings. The Kier molecular flexibility index (Phi) is 7.18. The van der Waals surface area contributed by atoms with E-state index >= 15 is 0 Å². The van der Waals surface area contributed by atoms with Gasteiger partial charge in [0.25, 0.3) is 0 Å². The molecule has 29 heavy (non-hydrogen) atoms. The highest BCUT2D eigenvalue weighted by molar-refractivity contribution is 6.32. The summed E-state index contributed by atoms with van der Waals surface area (Å²) in [6, 6.07) is 8.91. The lowest BCUT2D eigenvalue weighted by atomic mass is 10.0. The molecule has 0 atom stereocenters. The number of carbonyl (C=O) groups excluding carboxylic acids is 1. The topological polar surface area (TPSA) is 59.0 Å². The zero-order valence-corrected chi connectivity index (χ0v) is 17.5. The van der Waals surface area contributed by atoms with Gasteiger partial charge in [-0.1, -0.05) is 36.2 Å². The summed E-state index contributed by atoms with van der Waals surface area (Å²) < 4.78 is 10.9. The molecule has 3 rings (SSSR count). The third-order valence-corrected chi connectivity index (χ3v) is 5.51. The first-order valence-electron chi connectivity index (χ1n) is 9.71. The lowest BCUT2D eigenvalue weighted by Gasteiger charge is -2.28. The number of halogens is 1. The zero-order valence-electron chi connectivity index (χ0n) is 16.8. The summed E-state index contributed by atoms with van der Waals surface area (Å²) in [5, 5.41) is 11.5. The van der Waals surface area contributed by atoms with Gasteiger partial charge in [0.05, 0.1) is 19.8 Å². The van der Waals surface area contributed by atoms with Crippen molar-refractivity contribution in [3.8, 4) is 17.2 Å². The maximum atomic E-state index is 12.9. The molecule has 1 N–H and O–H groups in total. The molecular formula is C23H26ClNO4. The molecule has 0 aliphatic carbocycles. The van der Waals surface area contributed by atoms with Crippen LogP contribution in [-0.4, -0.2) is 43.1 Å². The van der Waals surface area contributed by atoms with Crippen LogP contribution in [0.3, 0.4) is 0 Å². The molecule has 1 heterocycles. The van der Waals surface area contributed by atoms with Crippen molar-refractivity contribution in [1.82, 2.24) is 4.90 Å². The number of aromatic hydroxyl groups is 1. The molecule has 0 saturated carbocycles. The molecule has 0 radical (unpaired) electrons.